The Labute approximate surface area is 221 Å². The van der Waals surface area contributed by atoms with Gasteiger partial charge in [-0.05, 0) is 78.0 Å². The predicted octanol–water partition coefficient (Wildman–Crippen LogP) is 4.05. The molecule has 0 aliphatic carbocycles. The molecule has 1 rings (SSSR count). The maximum atomic E-state index is 14.1. The average Bonchev–Trinajstić information content (AvgIpc) is 2.76. The summed E-state index contributed by atoms with van der Waals surface area (Å²) >= 11 is 0. The molecule has 1 aromatic rings. The second kappa shape index (κ2) is 14.6. The molecular weight excluding hydrogens is 472 g/mol. The number of carbonyl (C=O) groups is 4. The standard InChI is InChI=1S/C28H46N4O5/c1-9-10-11-17-32(24(25(34)30-18(2)3)21-14-12-13-19(4)20(21)5)26(35)22(15-16-23(29)33)31-27(36)37-28(6,7)8/h12-14,18,22,24H,9-11,15-17H2,1-8H3,(H2,29,33)(H,30,34)(H,31,36). The molecule has 1 aromatic carbocycles. The first-order chi connectivity index (χ1) is 17.2. The van der Waals surface area contributed by atoms with Gasteiger partial charge in [0, 0.05) is 19.0 Å². The number of carbonyl (C=O) groups excluding carboxylic acids is 4. The highest BCUT2D eigenvalue weighted by atomic mass is 16.6. The van der Waals surface area contributed by atoms with Crippen LogP contribution in [-0.2, 0) is 19.1 Å². The van der Waals surface area contributed by atoms with Crippen LogP contribution in [0.25, 0.3) is 0 Å². The minimum atomic E-state index is -1.09. The molecule has 0 saturated heterocycles. The molecule has 4 N–H and O–H groups in total. The van der Waals surface area contributed by atoms with Gasteiger partial charge >= 0.3 is 6.09 Å². The van der Waals surface area contributed by atoms with Crippen LogP contribution in [-0.4, -0.2) is 52.9 Å². The maximum Gasteiger partial charge on any atom is 0.408 e. The molecule has 0 heterocycles. The number of aryl methyl sites for hydroxylation is 1. The van der Waals surface area contributed by atoms with Gasteiger partial charge in [0.15, 0.2) is 0 Å². The first-order valence-corrected chi connectivity index (χ1v) is 13.1. The third-order valence-corrected chi connectivity index (χ3v) is 5.89. The number of benzene rings is 1. The monoisotopic (exact) mass is 518 g/mol. The quantitative estimate of drug-likeness (QED) is 0.339. The molecule has 0 fully saturated rings. The fraction of sp³-hybridized carbons (Fsp3) is 0.643. The van der Waals surface area contributed by atoms with E-state index in [1.807, 2.05) is 45.9 Å². The van der Waals surface area contributed by atoms with E-state index in [1.165, 1.54) is 4.90 Å². The zero-order valence-corrected chi connectivity index (χ0v) is 23.8. The third-order valence-electron chi connectivity index (χ3n) is 5.89. The SMILES string of the molecule is CCCCCN(C(=O)C(CCC(N)=O)NC(=O)OC(C)(C)C)C(C(=O)NC(C)C)c1cccc(C)c1C. The topological polar surface area (TPSA) is 131 Å². The van der Waals surface area contributed by atoms with E-state index in [2.05, 4.69) is 17.6 Å². The summed E-state index contributed by atoms with van der Waals surface area (Å²) in [5.74, 6) is -1.36. The highest BCUT2D eigenvalue weighted by Crippen LogP contribution is 2.28. The van der Waals surface area contributed by atoms with Crippen molar-refractivity contribution < 1.29 is 23.9 Å². The molecule has 0 aliphatic heterocycles. The molecule has 2 atom stereocenters. The molecule has 208 valence electrons. The molecule has 9 heteroatoms. The smallest absolute Gasteiger partial charge is 0.408 e. The van der Waals surface area contributed by atoms with Gasteiger partial charge in [0.2, 0.25) is 17.7 Å². The van der Waals surface area contributed by atoms with Gasteiger partial charge in [-0.15, -0.1) is 0 Å². The van der Waals surface area contributed by atoms with Crippen LogP contribution >= 0.6 is 0 Å². The van der Waals surface area contributed by atoms with Gasteiger partial charge in [-0.25, -0.2) is 4.79 Å². The lowest BCUT2D eigenvalue weighted by molar-refractivity contribution is -0.143. The van der Waals surface area contributed by atoms with E-state index in [0.717, 1.165) is 24.0 Å². The van der Waals surface area contributed by atoms with Crippen LogP contribution in [0, 0.1) is 13.8 Å². The summed E-state index contributed by atoms with van der Waals surface area (Å²) in [5, 5.41) is 5.58. The van der Waals surface area contributed by atoms with Crippen LogP contribution in [0.3, 0.4) is 0 Å². The number of hydrogen-bond acceptors (Lipinski definition) is 5. The second-order valence-corrected chi connectivity index (χ2v) is 10.8. The second-order valence-electron chi connectivity index (χ2n) is 10.8. The lowest BCUT2D eigenvalue weighted by Crippen LogP contribution is -2.54. The summed E-state index contributed by atoms with van der Waals surface area (Å²) in [7, 11) is 0. The fourth-order valence-electron chi connectivity index (χ4n) is 3.98. The molecule has 0 bridgehead atoms. The van der Waals surface area contributed by atoms with Gasteiger partial charge in [-0.2, -0.15) is 0 Å². The molecule has 0 aromatic heterocycles. The summed E-state index contributed by atoms with van der Waals surface area (Å²) < 4.78 is 5.37. The highest BCUT2D eigenvalue weighted by Gasteiger charge is 2.37. The van der Waals surface area contributed by atoms with Crippen molar-refractivity contribution in [3.8, 4) is 0 Å². The van der Waals surface area contributed by atoms with Crippen molar-refractivity contribution in [3.63, 3.8) is 0 Å². The number of rotatable bonds is 13. The van der Waals surface area contributed by atoms with Crippen LogP contribution in [0.15, 0.2) is 18.2 Å². The molecule has 9 nitrogen and oxygen atoms in total. The number of ether oxygens (including phenoxy) is 1. The molecule has 0 spiro atoms. The Bertz CT molecular complexity index is 939. The van der Waals surface area contributed by atoms with Crippen molar-refractivity contribution in [1.29, 1.82) is 0 Å². The van der Waals surface area contributed by atoms with Crippen molar-refractivity contribution in [3.05, 3.63) is 34.9 Å². The Hall–Kier alpha value is -3.10. The zero-order valence-electron chi connectivity index (χ0n) is 23.8. The van der Waals surface area contributed by atoms with Crippen LogP contribution in [0.4, 0.5) is 4.79 Å². The van der Waals surface area contributed by atoms with E-state index in [0.29, 0.717) is 18.5 Å². The number of hydrogen-bond donors (Lipinski definition) is 3. The van der Waals surface area contributed by atoms with Gasteiger partial charge in [0.1, 0.15) is 17.7 Å². The average molecular weight is 519 g/mol. The number of unbranched alkanes of at least 4 members (excludes halogenated alkanes) is 2. The van der Waals surface area contributed by atoms with Crippen molar-refractivity contribution >= 4 is 23.8 Å². The molecule has 0 radical (unpaired) electrons. The van der Waals surface area contributed by atoms with E-state index >= 15 is 0 Å². The molecule has 2 unspecified atom stereocenters. The minimum absolute atomic E-state index is 0.0109. The maximum absolute atomic E-state index is 14.1. The number of primary amides is 1. The van der Waals surface area contributed by atoms with E-state index in [1.54, 1.807) is 20.8 Å². The Morgan fingerprint density at radius 2 is 1.70 bits per heavy atom. The first kappa shape index (κ1) is 31.9. The van der Waals surface area contributed by atoms with Crippen molar-refractivity contribution in [2.45, 2.75) is 111 Å². The molecular formula is C28H46N4O5. The van der Waals surface area contributed by atoms with E-state index < -0.39 is 35.6 Å². The van der Waals surface area contributed by atoms with Gasteiger partial charge in [-0.3, -0.25) is 14.4 Å². The van der Waals surface area contributed by atoms with Crippen molar-refractivity contribution in [2.75, 3.05) is 6.54 Å². The lowest BCUT2D eigenvalue weighted by Gasteiger charge is -2.35. The predicted molar refractivity (Wildman–Crippen MR) is 145 cm³/mol. The summed E-state index contributed by atoms with van der Waals surface area (Å²) in [6.45, 7) is 15.1. The zero-order chi connectivity index (χ0) is 28.3. The van der Waals surface area contributed by atoms with E-state index in [-0.39, 0.29) is 24.8 Å². The number of nitrogens with zero attached hydrogens (tertiary/aromatic N) is 1. The Morgan fingerprint density at radius 1 is 1.05 bits per heavy atom. The van der Waals surface area contributed by atoms with Crippen molar-refractivity contribution in [1.82, 2.24) is 15.5 Å². The van der Waals surface area contributed by atoms with Crippen molar-refractivity contribution in [2.24, 2.45) is 5.73 Å². The Morgan fingerprint density at radius 3 is 2.24 bits per heavy atom. The number of nitrogens with one attached hydrogen (secondary N) is 2. The number of amides is 4. The Kier molecular flexibility index (Phi) is 12.6. The number of nitrogens with two attached hydrogens (primary N) is 1. The normalized spacial score (nSPS) is 13.0. The Balaban J connectivity index is 3.57. The largest absolute Gasteiger partial charge is 0.444 e. The van der Waals surface area contributed by atoms with E-state index in [9.17, 15) is 19.2 Å². The molecule has 37 heavy (non-hydrogen) atoms. The van der Waals surface area contributed by atoms with Gasteiger partial charge in [-0.1, -0.05) is 38.0 Å². The van der Waals surface area contributed by atoms with Gasteiger partial charge < -0.3 is 26.0 Å². The third kappa shape index (κ3) is 10.8. The fourth-order valence-corrected chi connectivity index (χ4v) is 3.98. The minimum Gasteiger partial charge on any atom is -0.444 e. The van der Waals surface area contributed by atoms with Crippen LogP contribution < -0.4 is 16.4 Å². The molecule has 4 amide bonds. The van der Waals surface area contributed by atoms with Gasteiger partial charge in [0.05, 0.1) is 0 Å². The summed E-state index contributed by atoms with van der Waals surface area (Å²) in [4.78, 5) is 53.4. The lowest BCUT2D eigenvalue weighted by atomic mass is 9.94. The number of alkyl carbamates (subject to hydrolysis) is 1. The van der Waals surface area contributed by atoms with Gasteiger partial charge in [0.25, 0.3) is 0 Å². The van der Waals surface area contributed by atoms with Crippen LogP contribution in [0.2, 0.25) is 0 Å². The highest BCUT2D eigenvalue weighted by molar-refractivity contribution is 5.92. The van der Waals surface area contributed by atoms with E-state index in [4.69, 9.17) is 10.5 Å². The van der Waals surface area contributed by atoms with Crippen LogP contribution in [0.1, 0.15) is 96.4 Å². The summed E-state index contributed by atoms with van der Waals surface area (Å²) in [5.41, 5.74) is 7.21. The summed E-state index contributed by atoms with van der Waals surface area (Å²) in [6, 6.07) is 3.53. The van der Waals surface area contributed by atoms with Crippen LogP contribution in [0.5, 0.6) is 0 Å². The first-order valence-electron chi connectivity index (χ1n) is 13.1. The molecule has 0 aliphatic rings. The molecule has 0 saturated carbocycles. The summed E-state index contributed by atoms with van der Waals surface area (Å²) in [6.07, 6.45) is 1.56.